The number of nitrogens with one attached hydrogen (secondary N) is 2. The molecule has 0 aliphatic heterocycles. The highest BCUT2D eigenvalue weighted by Crippen LogP contribution is 2.20. The molecule has 1 heterocycles. The van der Waals surface area contributed by atoms with Crippen molar-refractivity contribution in [1.82, 2.24) is 9.97 Å². The van der Waals surface area contributed by atoms with E-state index in [-0.39, 0.29) is 6.04 Å². The number of nitrogens with two attached hydrogens (primary N) is 1. The number of hydrazine groups is 1. The van der Waals surface area contributed by atoms with Crippen molar-refractivity contribution in [2.75, 3.05) is 24.0 Å². The van der Waals surface area contributed by atoms with Crippen LogP contribution in [0.2, 0.25) is 0 Å². The molecule has 0 saturated heterocycles. The van der Waals surface area contributed by atoms with Crippen molar-refractivity contribution in [3.63, 3.8) is 0 Å². The summed E-state index contributed by atoms with van der Waals surface area (Å²) in [6, 6.07) is 0.189. The standard InChI is InChI=1S/C12H23N5O/c1-5-10-15-11(9(4)12(16-10)17-13)14-8(3)7-18-6-2/h8H,5-7,13H2,1-4H3,(H2,14,15,16,17). The lowest BCUT2D eigenvalue weighted by Crippen LogP contribution is -2.24. The van der Waals surface area contributed by atoms with Crippen LogP contribution in [0.1, 0.15) is 32.2 Å². The van der Waals surface area contributed by atoms with Crippen molar-refractivity contribution in [2.45, 2.75) is 40.2 Å². The second-order valence-electron chi connectivity index (χ2n) is 4.16. The van der Waals surface area contributed by atoms with E-state index in [0.717, 1.165) is 23.6 Å². The van der Waals surface area contributed by atoms with Gasteiger partial charge in [0.15, 0.2) is 0 Å². The Hall–Kier alpha value is -1.40. The summed E-state index contributed by atoms with van der Waals surface area (Å²) in [5, 5.41) is 3.32. The fraction of sp³-hybridized carbons (Fsp3) is 0.667. The summed E-state index contributed by atoms with van der Waals surface area (Å²) in [4.78, 5) is 8.80. The lowest BCUT2D eigenvalue weighted by Gasteiger charge is -2.18. The lowest BCUT2D eigenvalue weighted by molar-refractivity contribution is 0.141. The van der Waals surface area contributed by atoms with Crippen molar-refractivity contribution in [1.29, 1.82) is 0 Å². The van der Waals surface area contributed by atoms with E-state index in [0.29, 0.717) is 19.0 Å². The zero-order chi connectivity index (χ0) is 13.5. The van der Waals surface area contributed by atoms with Crippen LogP contribution < -0.4 is 16.6 Å². The third-order valence-corrected chi connectivity index (χ3v) is 2.60. The molecule has 0 aromatic carbocycles. The Morgan fingerprint density at radius 1 is 1.28 bits per heavy atom. The molecule has 0 radical (unpaired) electrons. The fourth-order valence-electron chi connectivity index (χ4n) is 1.57. The van der Waals surface area contributed by atoms with Gasteiger partial charge in [-0.25, -0.2) is 15.8 Å². The number of rotatable bonds is 7. The van der Waals surface area contributed by atoms with Crippen molar-refractivity contribution in [3.05, 3.63) is 11.4 Å². The van der Waals surface area contributed by atoms with E-state index in [4.69, 9.17) is 10.6 Å². The van der Waals surface area contributed by atoms with Crippen molar-refractivity contribution in [3.8, 4) is 0 Å². The third kappa shape index (κ3) is 3.82. The van der Waals surface area contributed by atoms with Crippen molar-refractivity contribution >= 4 is 11.6 Å². The molecule has 4 N–H and O–H groups in total. The summed E-state index contributed by atoms with van der Waals surface area (Å²) < 4.78 is 5.37. The predicted octanol–water partition coefficient (Wildman–Crippen LogP) is 1.47. The van der Waals surface area contributed by atoms with Gasteiger partial charge in [-0.15, -0.1) is 0 Å². The van der Waals surface area contributed by atoms with Gasteiger partial charge >= 0.3 is 0 Å². The Morgan fingerprint density at radius 2 is 1.94 bits per heavy atom. The predicted molar refractivity (Wildman–Crippen MR) is 73.5 cm³/mol. The van der Waals surface area contributed by atoms with Crippen LogP contribution in [0.15, 0.2) is 0 Å². The molecule has 1 aromatic rings. The molecule has 0 aliphatic rings. The Kier molecular flexibility index (Phi) is 5.80. The molecule has 102 valence electrons. The largest absolute Gasteiger partial charge is 0.380 e. The van der Waals surface area contributed by atoms with Gasteiger partial charge in [0, 0.05) is 24.6 Å². The van der Waals surface area contributed by atoms with Crippen LogP contribution in [-0.2, 0) is 11.2 Å². The number of anilines is 2. The number of nitrogen functional groups attached to an aromatic ring is 1. The first-order valence-corrected chi connectivity index (χ1v) is 6.30. The molecule has 1 rings (SSSR count). The molecule has 0 bridgehead atoms. The number of aromatic nitrogens is 2. The topological polar surface area (TPSA) is 85.1 Å². The molecular weight excluding hydrogens is 230 g/mol. The Morgan fingerprint density at radius 3 is 2.50 bits per heavy atom. The van der Waals surface area contributed by atoms with Crippen LogP contribution in [0.5, 0.6) is 0 Å². The molecule has 0 saturated carbocycles. The van der Waals surface area contributed by atoms with E-state index >= 15 is 0 Å². The zero-order valence-corrected chi connectivity index (χ0v) is 11.6. The summed E-state index contributed by atoms with van der Waals surface area (Å²) in [5.41, 5.74) is 3.52. The maximum Gasteiger partial charge on any atom is 0.148 e. The van der Waals surface area contributed by atoms with E-state index < -0.39 is 0 Å². The molecular formula is C12H23N5O. The van der Waals surface area contributed by atoms with Crippen LogP contribution in [0.25, 0.3) is 0 Å². The van der Waals surface area contributed by atoms with Gasteiger partial charge < -0.3 is 15.5 Å². The van der Waals surface area contributed by atoms with Crippen LogP contribution in [0.4, 0.5) is 11.6 Å². The van der Waals surface area contributed by atoms with E-state index in [9.17, 15) is 0 Å². The average molecular weight is 253 g/mol. The van der Waals surface area contributed by atoms with Gasteiger partial charge in [0.25, 0.3) is 0 Å². The first-order chi connectivity index (χ1) is 8.62. The molecule has 1 atom stereocenters. The van der Waals surface area contributed by atoms with Gasteiger partial charge in [0.05, 0.1) is 6.61 Å². The third-order valence-electron chi connectivity index (χ3n) is 2.60. The van der Waals surface area contributed by atoms with Crippen LogP contribution in [0.3, 0.4) is 0 Å². The highest BCUT2D eigenvalue weighted by atomic mass is 16.5. The molecule has 0 aliphatic carbocycles. The van der Waals surface area contributed by atoms with Crippen molar-refractivity contribution < 1.29 is 4.74 Å². The van der Waals surface area contributed by atoms with E-state index in [2.05, 4.69) is 27.6 Å². The second kappa shape index (κ2) is 7.13. The average Bonchev–Trinajstić information content (AvgIpc) is 2.38. The smallest absolute Gasteiger partial charge is 0.148 e. The minimum atomic E-state index is 0.189. The van der Waals surface area contributed by atoms with E-state index in [1.807, 2.05) is 20.8 Å². The van der Waals surface area contributed by atoms with E-state index in [1.54, 1.807) is 0 Å². The summed E-state index contributed by atoms with van der Waals surface area (Å²) in [6.45, 7) is 9.34. The Labute approximate surface area is 108 Å². The molecule has 0 amide bonds. The van der Waals surface area contributed by atoms with Gasteiger partial charge in [0.2, 0.25) is 0 Å². The Bertz CT molecular complexity index is 383. The normalized spacial score (nSPS) is 12.3. The van der Waals surface area contributed by atoms with Gasteiger partial charge in [-0.1, -0.05) is 6.92 Å². The summed E-state index contributed by atoms with van der Waals surface area (Å²) in [5.74, 6) is 7.69. The van der Waals surface area contributed by atoms with Crippen LogP contribution >= 0.6 is 0 Å². The van der Waals surface area contributed by atoms with Gasteiger partial charge in [0.1, 0.15) is 17.5 Å². The van der Waals surface area contributed by atoms with Crippen molar-refractivity contribution in [2.24, 2.45) is 5.84 Å². The molecule has 1 unspecified atom stereocenters. The summed E-state index contributed by atoms with van der Waals surface area (Å²) >= 11 is 0. The number of ether oxygens (including phenoxy) is 1. The minimum absolute atomic E-state index is 0.189. The van der Waals surface area contributed by atoms with Crippen LogP contribution in [0, 0.1) is 6.92 Å². The maximum atomic E-state index is 5.46. The SMILES string of the molecule is CCOCC(C)Nc1nc(CC)nc(NN)c1C. The molecule has 0 fully saturated rings. The minimum Gasteiger partial charge on any atom is -0.380 e. The summed E-state index contributed by atoms with van der Waals surface area (Å²) in [6.07, 6.45) is 0.767. The number of nitrogens with zero attached hydrogens (tertiary/aromatic N) is 2. The highest BCUT2D eigenvalue weighted by molar-refractivity contribution is 5.57. The van der Waals surface area contributed by atoms with Crippen LogP contribution in [-0.4, -0.2) is 29.2 Å². The molecule has 0 spiro atoms. The lowest BCUT2D eigenvalue weighted by atomic mass is 10.2. The zero-order valence-electron chi connectivity index (χ0n) is 11.6. The van der Waals surface area contributed by atoms with Gasteiger partial charge in [-0.05, 0) is 20.8 Å². The number of aryl methyl sites for hydroxylation is 1. The molecule has 18 heavy (non-hydrogen) atoms. The number of hydrogen-bond donors (Lipinski definition) is 3. The monoisotopic (exact) mass is 253 g/mol. The quantitative estimate of drug-likeness (QED) is 0.504. The van der Waals surface area contributed by atoms with Gasteiger partial charge in [-0.2, -0.15) is 0 Å². The molecule has 6 heteroatoms. The second-order valence-corrected chi connectivity index (χ2v) is 4.16. The Balaban J connectivity index is 2.86. The van der Waals surface area contributed by atoms with E-state index in [1.165, 1.54) is 0 Å². The first kappa shape index (κ1) is 14.7. The molecule has 6 nitrogen and oxygen atoms in total. The van der Waals surface area contributed by atoms with Gasteiger partial charge in [-0.3, -0.25) is 0 Å². The first-order valence-electron chi connectivity index (χ1n) is 6.30. The molecule has 1 aromatic heterocycles. The maximum absolute atomic E-state index is 5.46. The number of hydrogen-bond acceptors (Lipinski definition) is 6. The summed E-state index contributed by atoms with van der Waals surface area (Å²) in [7, 11) is 0. The fourth-order valence-corrected chi connectivity index (χ4v) is 1.57. The highest BCUT2D eigenvalue weighted by Gasteiger charge is 2.11.